The summed E-state index contributed by atoms with van der Waals surface area (Å²) < 4.78 is 4.81. The molecule has 1 N–H and O–H groups in total. The van der Waals surface area contributed by atoms with Gasteiger partial charge in [0, 0.05) is 33.0 Å². The predicted octanol–water partition coefficient (Wildman–Crippen LogP) is -0.436. The molecule has 1 heterocycles. The molecule has 0 aliphatic carbocycles. The monoisotopic (exact) mass is 187 g/mol. The Kier molecular flexibility index (Phi) is 2.87. The highest BCUT2D eigenvalue weighted by Crippen LogP contribution is 2.21. The molecule has 0 radical (unpaired) electrons. The van der Waals surface area contributed by atoms with Crippen molar-refractivity contribution in [3.63, 3.8) is 0 Å². The first kappa shape index (κ1) is 9.98. The lowest BCUT2D eigenvalue weighted by Gasteiger charge is -2.40. The van der Waals surface area contributed by atoms with Gasteiger partial charge < -0.3 is 14.7 Å². The highest BCUT2D eigenvalue weighted by molar-refractivity contribution is 5.76. The zero-order valence-corrected chi connectivity index (χ0v) is 7.69. The fourth-order valence-electron chi connectivity index (χ4n) is 1.46. The molecule has 0 aromatic heterocycles. The van der Waals surface area contributed by atoms with Gasteiger partial charge in [-0.3, -0.25) is 4.79 Å². The van der Waals surface area contributed by atoms with Crippen molar-refractivity contribution < 1.29 is 19.4 Å². The van der Waals surface area contributed by atoms with Gasteiger partial charge in [-0.05, 0) is 0 Å². The molecule has 1 amide bonds. The summed E-state index contributed by atoms with van der Waals surface area (Å²) in [6.45, 7) is 2.44. The molecule has 1 aliphatic heterocycles. The molecule has 0 bridgehead atoms. The molecular weight excluding hydrogens is 174 g/mol. The fourth-order valence-corrected chi connectivity index (χ4v) is 1.46. The first-order valence-corrected chi connectivity index (χ1v) is 4.07. The summed E-state index contributed by atoms with van der Waals surface area (Å²) in [5, 5.41) is 8.71. The summed E-state index contributed by atoms with van der Waals surface area (Å²) in [4.78, 5) is 23.0. The maximum atomic E-state index is 10.8. The van der Waals surface area contributed by atoms with Gasteiger partial charge in [0.1, 0.15) is 0 Å². The van der Waals surface area contributed by atoms with Crippen LogP contribution >= 0.6 is 0 Å². The van der Waals surface area contributed by atoms with E-state index >= 15 is 0 Å². The van der Waals surface area contributed by atoms with E-state index in [-0.39, 0.29) is 11.8 Å². The third-order valence-electron chi connectivity index (χ3n) is 2.28. The number of methoxy groups -OCH3 is 1. The topological polar surface area (TPSA) is 66.8 Å². The molecule has 0 aromatic rings. The van der Waals surface area contributed by atoms with Crippen molar-refractivity contribution in [3.05, 3.63) is 0 Å². The lowest BCUT2D eigenvalue weighted by atomic mass is 9.93. The van der Waals surface area contributed by atoms with Gasteiger partial charge in [-0.2, -0.15) is 0 Å². The molecule has 1 aliphatic rings. The van der Waals surface area contributed by atoms with Crippen LogP contribution in [0.2, 0.25) is 0 Å². The second kappa shape index (κ2) is 3.74. The number of nitrogens with zero attached hydrogens (tertiary/aromatic N) is 1. The second-order valence-corrected chi connectivity index (χ2v) is 3.18. The number of carbonyl (C=O) groups excluding carboxylic acids is 1. The molecule has 5 nitrogen and oxygen atoms in total. The summed E-state index contributed by atoms with van der Waals surface area (Å²) in [7, 11) is 1.37. The molecule has 74 valence electrons. The Morgan fingerprint density at radius 3 is 2.38 bits per heavy atom. The van der Waals surface area contributed by atoms with Gasteiger partial charge in [0.2, 0.25) is 5.91 Å². The predicted molar refractivity (Wildman–Crippen MR) is 44.2 cm³/mol. The van der Waals surface area contributed by atoms with E-state index in [4.69, 9.17) is 9.84 Å². The normalized spacial score (nSPS) is 19.4. The number of carboxylic acid groups (broad SMARTS) is 1. The standard InChI is InChI=1S/C8H13NO4/c1-5(10)9-3-6(4-9)7(13-2)8(11)12/h6-7H,3-4H2,1-2H3,(H,11,12). The Morgan fingerprint density at radius 2 is 2.08 bits per heavy atom. The van der Waals surface area contributed by atoms with Gasteiger partial charge in [0.25, 0.3) is 0 Å². The number of hydrogen-bond acceptors (Lipinski definition) is 3. The van der Waals surface area contributed by atoms with E-state index in [1.54, 1.807) is 4.90 Å². The summed E-state index contributed by atoms with van der Waals surface area (Å²) >= 11 is 0. The van der Waals surface area contributed by atoms with Crippen molar-refractivity contribution in [2.24, 2.45) is 5.92 Å². The van der Waals surface area contributed by atoms with E-state index in [0.717, 1.165) is 0 Å². The lowest BCUT2D eigenvalue weighted by molar-refractivity contribution is -0.160. The minimum absolute atomic E-state index is 0.0171. The molecule has 13 heavy (non-hydrogen) atoms. The molecule has 0 aromatic carbocycles. The van der Waals surface area contributed by atoms with E-state index in [0.29, 0.717) is 13.1 Å². The number of hydrogen-bond donors (Lipinski definition) is 1. The van der Waals surface area contributed by atoms with Crippen LogP contribution < -0.4 is 0 Å². The molecule has 1 rings (SSSR count). The van der Waals surface area contributed by atoms with Crippen LogP contribution in [-0.4, -0.2) is 48.2 Å². The van der Waals surface area contributed by atoms with E-state index < -0.39 is 12.1 Å². The third kappa shape index (κ3) is 1.98. The summed E-state index contributed by atoms with van der Waals surface area (Å²) in [5.41, 5.74) is 0. The van der Waals surface area contributed by atoms with Crippen molar-refractivity contribution in [2.75, 3.05) is 20.2 Å². The quantitative estimate of drug-likeness (QED) is 0.650. The highest BCUT2D eigenvalue weighted by atomic mass is 16.5. The van der Waals surface area contributed by atoms with Gasteiger partial charge in [-0.25, -0.2) is 4.79 Å². The second-order valence-electron chi connectivity index (χ2n) is 3.18. The van der Waals surface area contributed by atoms with Crippen molar-refractivity contribution in [1.29, 1.82) is 0 Å². The van der Waals surface area contributed by atoms with E-state index in [9.17, 15) is 9.59 Å². The molecule has 0 saturated carbocycles. The van der Waals surface area contributed by atoms with Crippen LogP contribution in [0.5, 0.6) is 0 Å². The van der Waals surface area contributed by atoms with Gasteiger partial charge >= 0.3 is 5.97 Å². The van der Waals surface area contributed by atoms with Gasteiger partial charge in [-0.15, -0.1) is 0 Å². The minimum atomic E-state index is -0.962. The van der Waals surface area contributed by atoms with Crippen LogP contribution in [0.3, 0.4) is 0 Å². The Labute approximate surface area is 76.3 Å². The van der Waals surface area contributed by atoms with Gasteiger partial charge in [-0.1, -0.05) is 0 Å². The number of amides is 1. The van der Waals surface area contributed by atoms with Crippen LogP contribution in [0.1, 0.15) is 6.92 Å². The maximum Gasteiger partial charge on any atom is 0.333 e. The first-order chi connectivity index (χ1) is 6.06. The number of rotatable bonds is 3. The van der Waals surface area contributed by atoms with Crippen LogP contribution in [0.25, 0.3) is 0 Å². The van der Waals surface area contributed by atoms with Crippen LogP contribution in [0.4, 0.5) is 0 Å². The zero-order valence-electron chi connectivity index (χ0n) is 7.69. The summed E-state index contributed by atoms with van der Waals surface area (Å²) in [6.07, 6.45) is -0.782. The summed E-state index contributed by atoms with van der Waals surface area (Å²) in [6, 6.07) is 0. The van der Waals surface area contributed by atoms with Crippen LogP contribution in [0.15, 0.2) is 0 Å². The number of ether oxygens (including phenoxy) is 1. The first-order valence-electron chi connectivity index (χ1n) is 4.07. The van der Waals surface area contributed by atoms with Crippen molar-refractivity contribution in [3.8, 4) is 0 Å². The van der Waals surface area contributed by atoms with Gasteiger partial charge in [0.15, 0.2) is 6.10 Å². The Morgan fingerprint density at radius 1 is 1.54 bits per heavy atom. The lowest BCUT2D eigenvalue weighted by Crippen LogP contribution is -2.55. The zero-order chi connectivity index (χ0) is 10.0. The average Bonchev–Trinajstić information content (AvgIpc) is 1.93. The average molecular weight is 187 g/mol. The molecule has 5 heteroatoms. The number of likely N-dealkylation sites (tertiary alicyclic amines) is 1. The Balaban J connectivity index is 2.41. The number of aliphatic carboxylic acids is 1. The highest BCUT2D eigenvalue weighted by Gasteiger charge is 2.38. The number of carbonyl (C=O) groups is 2. The van der Waals surface area contributed by atoms with Crippen molar-refractivity contribution in [1.82, 2.24) is 4.90 Å². The fraction of sp³-hybridized carbons (Fsp3) is 0.750. The molecule has 1 atom stereocenters. The van der Waals surface area contributed by atoms with E-state index in [1.165, 1.54) is 14.0 Å². The minimum Gasteiger partial charge on any atom is -0.479 e. The summed E-state index contributed by atoms with van der Waals surface area (Å²) in [5.74, 6) is -1.04. The van der Waals surface area contributed by atoms with Crippen LogP contribution in [0, 0.1) is 5.92 Å². The van der Waals surface area contributed by atoms with E-state index in [2.05, 4.69) is 0 Å². The molecular formula is C8H13NO4. The largest absolute Gasteiger partial charge is 0.479 e. The molecule has 0 spiro atoms. The van der Waals surface area contributed by atoms with Crippen molar-refractivity contribution >= 4 is 11.9 Å². The molecule has 1 saturated heterocycles. The van der Waals surface area contributed by atoms with Gasteiger partial charge in [0.05, 0.1) is 0 Å². The Bertz CT molecular complexity index is 222. The maximum absolute atomic E-state index is 10.8. The van der Waals surface area contributed by atoms with Crippen LogP contribution in [-0.2, 0) is 14.3 Å². The van der Waals surface area contributed by atoms with Crippen molar-refractivity contribution in [2.45, 2.75) is 13.0 Å². The van der Waals surface area contributed by atoms with E-state index in [1.807, 2.05) is 0 Å². The number of carboxylic acids is 1. The third-order valence-corrected chi connectivity index (χ3v) is 2.28. The molecule has 1 fully saturated rings. The smallest absolute Gasteiger partial charge is 0.333 e. The Hall–Kier alpha value is -1.10. The SMILES string of the molecule is COC(C(=O)O)C1CN(C(C)=O)C1. The molecule has 1 unspecified atom stereocenters.